The lowest BCUT2D eigenvalue weighted by molar-refractivity contribution is -0.127. The van der Waals surface area contributed by atoms with Gasteiger partial charge in [-0.2, -0.15) is 5.10 Å². The fourth-order valence-electron chi connectivity index (χ4n) is 2.38. The van der Waals surface area contributed by atoms with E-state index in [1.807, 2.05) is 38.1 Å². The van der Waals surface area contributed by atoms with Gasteiger partial charge in [0.15, 0.2) is 0 Å². The number of aryl methyl sites for hydroxylation is 2. The molecule has 0 aliphatic heterocycles. The van der Waals surface area contributed by atoms with Gasteiger partial charge in [-0.3, -0.25) is 14.3 Å². The van der Waals surface area contributed by atoms with E-state index in [-0.39, 0.29) is 12.1 Å². The number of rotatable bonds is 7. The topological polar surface area (TPSA) is 75.4 Å². The third-order valence-corrected chi connectivity index (χ3v) is 3.94. The third kappa shape index (κ3) is 4.08. The molecule has 2 aromatic rings. The molecule has 0 aliphatic carbocycles. The van der Waals surface area contributed by atoms with Crippen LogP contribution in [-0.4, -0.2) is 44.6 Å². The van der Waals surface area contributed by atoms with Gasteiger partial charge in [0.2, 0.25) is 0 Å². The number of aliphatic hydroxyl groups excluding tert-OH is 1. The van der Waals surface area contributed by atoms with Gasteiger partial charge in [0, 0.05) is 19.3 Å². The predicted molar refractivity (Wildman–Crippen MR) is 90.6 cm³/mol. The van der Waals surface area contributed by atoms with Crippen LogP contribution in [0.4, 0.5) is 0 Å². The largest absolute Gasteiger partial charge is 0.387 e. The first-order valence-electron chi connectivity index (χ1n) is 8.06. The fraction of sp³-hybridized carbons (Fsp3) is 0.389. The van der Waals surface area contributed by atoms with E-state index in [0.29, 0.717) is 13.1 Å². The molecule has 1 aromatic carbocycles. The average Bonchev–Trinajstić information content (AvgIpc) is 3.08. The third-order valence-electron chi connectivity index (χ3n) is 3.94. The van der Waals surface area contributed by atoms with Crippen molar-refractivity contribution in [2.75, 3.05) is 13.1 Å². The summed E-state index contributed by atoms with van der Waals surface area (Å²) in [5.41, 5.74) is 2.08. The van der Waals surface area contributed by atoms with Crippen molar-refractivity contribution in [1.82, 2.24) is 14.7 Å². The fourth-order valence-corrected chi connectivity index (χ4v) is 2.38. The Hall–Kier alpha value is -2.47. The summed E-state index contributed by atoms with van der Waals surface area (Å²) in [7, 11) is 0. The molecule has 6 heteroatoms. The summed E-state index contributed by atoms with van der Waals surface area (Å²) in [6.45, 7) is 6.70. The van der Waals surface area contributed by atoms with Crippen LogP contribution in [-0.2, 0) is 11.3 Å². The number of hydrogen-bond acceptors (Lipinski definition) is 4. The normalized spacial score (nSPS) is 12.0. The van der Waals surface area contributed by atoms with E-state index in [1.54, 1.807) is 17.8 Å². The molecule has 1 aromatic heterocycles. The van der Waals surface area contributed by atoms with Crippen LogP contribution in [0.15, 0.2) is 36.7 Å². The van der Waals surface area contributed by atoms with Crippen molar-refractivity contribution < 1.29 is 14.7 Å². The molecule has 24 heavy (non-hydrogen) atoms. The maximum atomic E-state index is 12.4. The van der Waals surface area contributed by atoms with E-state index in [4.69, 9.17) is 0 Å². The maximum Gasteiger partial charge on any atom is 0.295 e. The maximum absolute atomic E-state index is 12.4. The van der Waals surface area contributed by atoms with Gasteiger partial charge in [0.1, 0.15) is 0 Å². The summed E-state index contributed by atoms with van der Waals surface area (Å²) in [5, 5.41) is 14.4. The number of carbonyl (C=O) groups is 2. The van der Waals surface area contributed by atoms with E-state index in [9.17, 15) is 14.7 Å². The molecule has 0 fully saturated rings. The lowest BCUT2D eigenvalue weighted by atomic mass is 10.1. The molecule has 0 bridgehead atoms. The lowest BCUT2D eigenvalue weighted by Gasteiger charge is -2.23. The molecule has 1 atom stereocenters. The standard InChI is InChI=1S/C18H23N3O3/c1-4-20(12-16(22)14-8-6-13(3)7-9-14)18(24)17(23)15-10-19-21(5-2)11-15/h6-11,16,22H,4-5,12H2,1-3H3. The zero-order chi connectivity index (χ0) is 17.7. The molecule has 2 rings (SSSR count). The van der Waals surface area contributed by atoms with Crippen LogP contribution < -0.4 is 0 Å². The molecule has 1 amide bonds. The lowest BCUT2D eigenvalue weighted by Crippen LogP contribution is -2.39. The zero-order valence-corrected chi connectivity index (χ0v) is 14.3. The first-order valence-corrected chi connectivity index (χ1v) is 8.06. The van der Waals surface area contributed by atoms with Crippen LogP contribution in [0.5, 0.6) is 0 Å². The second-order valence-corrected chi connectivity index (χ2v) is 5.68. The Bertz CT molecular complexity index is 707. The Morgan fingerprint density at radius 3 is 2.46 bits per heavy atom. The molecule has 128 valence electrons. The monoisotopic (exact) mass is 329 g/mol. The van der Waals surface area contributed by atoms with Crippen LogP contribution in [0.3, 0.4) is 0 Å². The number of Topliss-reactive ketones (excluding diaryl/α,β-unsaturated/α-hetero) is 1. The first-order chi connectivity index (χ1) is 11.5. The summed E-state index contributed by atoms with van der Waals surface area (Å²) >= 11 is 0. The number of carbonyl (C=O) groups excluding carboxylic acids is 2. The molecule has 0 radical (unpaired) electrons. The minimum atomic E-state index is -0.833. The number of likely N-dealkylation sites (N-methyl/N-ethyl adjacent to an activating group) is 1. The van der Waals surface area contributed by atoms with Crippen LogP contribution in [0.1, 0.15) is 41.4 Å². The van der Waals surface area contributed by atoms with E-state index < -0.39 is 17.8 Å². The highest BCUT2D eigenvalue weighted by molar-refractivity contribution is 6.42. The van der Waals surface area contributed by atoms with Gasteiger partial charge in [-0.15, -0.1) is 0 Å². The Labute approximate surface area is 141 Å². The van der Waals surface area contributed by atoms with E-state index in [2.05, 4.69) is 5.10 Å². The van der Waals surface area contributed by atoms with Gasteiger partial charge in [-0.05, 0) is 26.3 Å². The number of benzene rings is 1. The van der Waals surface area contributed by atoms with Crippen LogP contribution in [0.25, 0.3) is 0 Å². The quantitative estimate of drug-likeness (QED) is 0.622. The highest BCUT2D eigenvalue weighted by Crippen LogP contribution is 2.16. The van der Waals surface area contributed by atoms with Crippen molar-refractivity contribution in [1.29, 1.82) is 0 Å². The van der Waals surface area contributed by atoms with Gasteiger partial charge in [0.05, 0.1) is 24.4 Å². The van der Waals surface area contributed by atoms with Gasteiger partial charge in [0.25, 0.3) is 11.7 Å². The minimum absolute atomic E-state index is 0.0754. The molecule has 0 aliphatic rings. The Morgan fingerprint density at radius 2 is 1.92 bits per heavy atom. The molecule has 0 saturated heterocycles. The van der Waals surface area contributed by atoms with Crippen LogP contribution in [0, 0.1) is 6.92 Å². The van der Waals surface area contributed by atoms with Crippen LogP contribution in [0.2, 0.25) is 0 Å². The average molecular weight is 329 g/mol. The van der Waals surface area contributed by atoms with Gasteiger partial charge in [-0.25, -0.2) is 0 Å². The van der Waals surface area contributed by atoms with Gasteiger partial charge < -0.3 is 10.0 Å². The van der Waals surface area contributed by atoms with E-state index in [0.717, 1.165) is 11.1 Å². The number of ketones is 1. The molecule has 6 nitrogen and oxygen atoms in total. The number of amides is 1. The SMILES string of the molecule is CCN(CC(O)c1ccc(C)cc1)C(=O)C(=O)c1cnn(CC)c1. The van der Waals surface area contributed by atoms with Crippen LogP contribution >= 0.6 is 0 Å². The first kappa shape index (κ1) is 17.9. The van der Waals surface area contributed by atoms with E-state index >= 15 is 0 Å². The van der Waals surface area contributed by atoms with Crippen molar-refractivity contribution in [2.45, 2.75) is 33.4 Å². The molecular formula is C18H23N3O3. The van der Waals surface area contributed by atoms with Crippen molar-refractivity contribution in [2.24, 2.45) is 0 Å². The molecule has 1 N–H and O–H groups in total. The summed E-state index contributed by atoms with van der Waals surface area (Å²) < 4.78 is 1.60. The van der Waals surface area contributed by atoms with Gasteiger partial charge >= 0.3 is 0 Å². The highest BCUT2D eigenvalue weighted by Gasteiger charge is 2.25. The van der Waals surface area contributed by atoms with Gasteiger partial charge in [-0.1, -0.05) is 29.8 Å². The zero-order valence-electron chi connectivity index (χ0n) is 14.3. The Morgan fingerprint density at radius 1 is 1.25 bits per heavy atom. The second kappa shape index (κ2) is 7.88. The van der Waals surface area contributed by atoms with Crippen molar-refractivity contribution in [3.8, 4) is 0 Å². The minimum Gasteiger partial charge on any atom is -0.387 e. The smallest absolute Gasteiger partial charge is 0.295 e. The summed E-state index contributed by atoms with van der Waals surface area (Å²) in [6.07, 6.45) is 2.12. The molecule has 1 heterocycles. The van der Waals surface area contributed by atoms with Crippen molar-refractivity contribution in [3.05, 3.63) is 53.3 Å². The molecule has 1 unspecified atom stereocenters. The van der Waals surface area contributed by atoms with Crippen molar-refractivity contribution in [3.63, 3.8) is 0 Å². The van der Waals surface area contributed by atoms with Crippen molar-refractivity contribution >= 4 is 11.7 Å². The highest BCUT2D eigenvalue weighted by atomic mass is 16.3. The number of aliphatic hydroxyl groups is 1. The molecule has 0 spiro atoms. The summed E-state index contributed by atoms with van der Waals surface area (Å²) in [4.78, 5) is 26.1. The molecule has 0 saturated carbocycles. The second-order valence-electron chi connectivity index (χ2n) is 5.68. The number of aromatic nitrogens is 2. The molecular weight excluding hydrogens is 306 g/mol. The Balaban J connectivity index is 2.07. The Kier molecular flexibility index (Phi) is 5.87. The van der Waals surface area contributed by atoms with E-state index in [1.165, 1.54) is 11.1 Å². The summed E-state index contributed by atoms with van der Waals surface area (Å²) in [6, 6.07) is 7.46. The summed E-state index contributed by atoms with van der Waals surface area (Å²) in [5.74, 6) is -1.23. The predicted octanol–water partition coefficient (Wildman–Crippen LogP) is 1.98. The number of nitrogens with zero attached hydrogens (tertiary/aromatic N) is 3. The number of hydrogen-bond donors (Lipinski definition) is 1.